The minimum atomic E-state index is -0.466. The molecule has 0 aromatic heterocycles. The molecule has 1 aliphatic rings. The lowest BCUT2D eigenvalue weighted by atomic mass is 9.99. The van der Waals surface area contributed by atoms with Crippen molar-refractivity contribution in [2.45, 2.75) is 52.0 Å². The minimum absolute atomic E-state index is 0.0873. The normalized spacial score (nSPS) is 17.5. The van der Waals surface area contributed by atoms with E-state index in [1.54, 1.807) is 4.90 Å². The van der Waals surface area contributed by atoms with E-state index in [1.807, 2.05) is 38.1 Å². The van der Waals surface area contributed by atoms with E-state index in [9.17, 15) is 9.59 Å². The van der Waals surface area contributed by atoms with Crippen LogP contribution >= 0.6 is 0 Å². The number of nitrogens with two attached hydrogens (primary N) is 1. The number of unbranched alkanes of at least 4 members (excludes halogenated alkanes) is 2. The molecule has 0 spiro atoms. The number of benzene rings is 1. The Morgan fingerprint density at radius 1 is 0.943 bits per heavy atom. The van der Waals surface area contributed by atoms with E-state index in [2.05, 4.69) is 5.32 Å². The van der Waals surface area contributed by atoms with Gasteiger partial charge in [-0.25, -0.2) is 0 Å². The van der Waals surface area contributed by atoms with E-state index in [0.717, 1.165) is 25.7 Å². The highest BCUT2D eigenvalue weighted by Gasteiger charge is 2.18. The zero-order valence-corrected chi connectivity index (χ0v) is 21.3. The summed E-state index contributed by atoms with van der Waals surface area (Å²) in [7, 11) is 0. The predicted molar refractivity (Wildman–Crippen MR) is 135 cm³/mol. The van der Waals surface area contributed by atoms with Gasteiger partial charge in [-0.3, -0.25) is 9.59 Å². The van der Waals surface area contributed by atoms with Crippen molar-refractivity contribution < 1.29 is 28.5 Å². The first kappa shape index (κ1) is 28.9. The van der Waals surface area contributed by atoms with Crippen molar-refractivity contribution >= 4 is 11.8 Å². The van der Waals surface area contributed by atoms with Gasteiger partial charge in [0.1, 0.15) is 13.2 Å². The van der Waals surface area contributed by atoms with E-state index in [4.69, 9.17) is 24.7 Å². The molecule has 2 atom stereocenters. The van der Waals surface area contributed by atoms with Gasteiger partial charge in [-0.1, -0.05) is 38.8 Å². The molecule has 9 nitrogen and oxygen atoms in total. The third-order valence-corrected chi connectivity index (χ3v) is 6.11. The smallest absolute Gasteiger partial charge is 0.237 e. The largest absolute Gasteiger partial charge is 0.487 e. The third-order valence-electron chi connectivity index (χ3n) is 6.11. The summed E-state index contributed by atoms with van der Waals surface area (Å²) in [4.78, 5) is 26.6. The number of amides is 2. The molecule has 3 N–H and O–H groups in total. The molecule has 1 aromatic rings. The van der Waals surface area contributed by atoms with Gasteiger partial charge in [0.05, 0.1) is 32.5 Å². The van der Waals surface area contributed by atoms with Crippen LogP contribution in [0.2, 0.25) is 0 Å². The summed E-state index contributed by atoms with van der Waals surface area (Å²) in [5.74, 6) is 1.51. The summed E-state index contributed by atoms with van der Waals surface area (Å²) in [6.07, 6.45) is 3.78. The number of hydrogen-bond acceptors (Lipinski definition) is 7. The Bertz CT molecular complexity index is 713. The summed E-state index contributed by atoms with van der Waals surface area (Å²) in [6.45, 7) is 8.16. The summed E-state index contributed by atoms with van der Waals surface area (Å²) >= 11 is 0. The first-order valence-corrected chi connectivity index (χ1v) is 12.8. The monoisotopic (exact) mass is 493 g/mol. The Kier molecular flexibility index (Phi) is 14.1. The molecular weight excluding hydrogens is 450 g/mol. The van der Waals surface area contributed by atoms with Crippen LogP contribution in [0.5, 0.6) is 11.5 Å². The number of rotatable bonds is 9. The highest BCUT2D eigenvalue weighted by Crippen LogP contribution is 2.26. The quantitative estimate of drug-likeness (QED) is 0.508. The summed E-state index contributed by atoms with van der Waals surface area (Å²) in [5.41, 5.74) is 5.95. The Labute approximate surface area is 209 Å². The van der Waals surface area contributed by atoms with Crippen LogP contribution in [0.1, 0.15) is 46.0 Å². The van der Waals surface area contributed by atoms with Crippen molar-refractivity contribution in [1.29, 1.82) is 0 Å². The Balaban J connectivity index is 1.68. The number of ether oxygens (including phenoxy) is 4. The van der Waals surface area contributed by atoms with Gasteiger partial charge in [0.15, 0.2) is 11.5 Å². The molecule has 0 unspecified atom stereocenters. The number of carbonyl (C=O) groups is 2. The van der Waals surface area contributed by atoms with Crippen LogP contribution in [0.4, 0.5) is 0 Å². The number of nitrogens with one attached hydrogen (secondary N) is 1. The fourth-order valence-corrected chi connectivity index (χ4v) is 3.60. The van der Waals surface area contributed by atoms with Crippen LogP contribution in [0, 0.1) is 5.92 Å². The highest BCUT2D eigenvalue weighted by atomic mass is 16.6. The molecule has 0 fully saturated rings. The second kappa shape index (κ2) is 17.1. The Morgan fingerprint density at radius 2 is 1.54 bits per heavy atom. The molecule has 0 aliphatic carbocycles. The number of fused-ring (bicyclic) bond motifs is 1. The van der Waals surface area contributed by atoms with Crippen LogP contribution in [0.15, 0.2) is 24.3 Å². The van der Waals surface area contributed by atoms with E-state index in [-0.39, 0.29) is 17.7 Å². The van der Waals surface area contributed by atoms with Gasteiger partial charge in [-0.05, 0) is 30.9 Å². The molecule has 1 aromatic carbocycles. The number of nitrogens with zero attached hydrogens (tertiary/aromatic N) is 1. The van der Waals surface area contributed by atoms with Gasteiger partial charge in [0.2, 0.25) is 11.8 Å². The van der Waals surface area contributed by atoms with Crippen molar-refractivity contribution in [3.8, 4) is 11.5 Å². The number of hydrogen-bond donors (Lipinski definition) is 2. The fraction of sp³-hybridized carbons (Fsp3) is 0.692. The van der Waals surface area contributed by atoms with Crippen LogP contribution in [-0.2, 0) is 19.1 Å². The molecule has 0 saturated heterocycles. The first-order valence-electron chi connectivity index (χ1n) is 12.8. The standard InChI is InChI=1S/C26H43N3O6/c1-3-21(2)25(27)26(31)28-12-8-4-5-11-24(30)29-13-15-32-17-19-34-22-9-6-7-10-23(22)35-20-18-33-16-14-29/h6-7,9-10,21,25H,3-5,8,11-20,27H2,1-2H3,(H,28,31)/t21-,25-/m1/s1. The Morgan fingerprint density at radius 3 is 2.11 bits per heavy atom. The molecule has 35 heavy (non-hydrogen) atoms. The first-order chi connectivity index (χ1) is 17.0. The molecular formula is C26H43N3O6. The van der Waals surface area contributed by atoms with Crippen molar-refractivity contribution in [3.63, 3.8) is 0 Å². The maximum Gasteiger partial charge on any atom is 0.237 e. The molecule has 198 valence electrons. The molecule has 0 radical (unpaired) electrons. The minimum Gasteiger partial charge on any atom is -0.487 e. The average molecular weight is 494 g/mol. The van der Waals surface area contributed by atoms with Crippen molar-refractivity contribution in [2.75, 3.05) is 59.3 Å². The van der Waals surface area contributed by atoms with Crippen LogP contribution in [0.3, 0.4) is 0 Å². The van der Waals surface area contributed by atoms with Gasteiger partial charge in [-0.15, -0.1) is 0 Å². The third kappa shape index (κ3) is 11.3. The van der Waals surface area contributed by atoms with E-state index in [0.29, 0.717) is 77.2 Å². The van der Waals surface area contributed by atoms with Crippen molar-refractivity contribution in [2.24, 2.45) is 11.7 Å². The molecule has 1 heterocycles. The lowest BCUT2D eigenvalue weighted by molar-refractivity contribution is -0.133. The van der Waals surface area contributed by atoms with E-state index in [1.165, 1.54) is 0 Å². The second-order valence-electron chi connectivity index (χ2n) is 8.76. The summed E-state index contributed by atoms with van der Waals surface area (Å²) in [5, 5.41) is 2.90. The zero-order chi connectivity index (χ0) is 25.3. The van der Waals surface area contributed by atoms with Gasteiger partial charge in [0, 0.05) is 26.1 Å². The Hall–Kier alpha value is -2.36. The molecule has 2 amide bonds. The highest BCUT2D eigenvalue weighted by molar-refractivity contribution is 5.81. The molecule has 9 heteroatoms. The number of carbonyl (C=O) groups excluding carboxylic acids is 2. The average Bonchev–Trinajstić information content (AvgIpc) is 2.88. The SMILES string of the molecule is CC[C@@H](C)[C@@H](N)C(=O)NCCCCCC(=O)N1CCOCCOc2ccccc2OCCOCC1. The maximum atomic E-state index is 12.8. The molecule has 2 rings (SSSR count). The summed E-state index contributed by atoms with van der Waals surface area (Å²) < 4.78 is 22.9. The van der Waals surface area contributed by atoms with E-state index >= 15 is 0 Å². The van der Waals surface area contributed by atoms with Crippen LogP contribution < -0.4 is 20.5 Å². The predicted octanol–water partition coefficient (Wildman–Crippen LogP) is 2.37. The second-order valence-corrected chi connectivity index (χ2v) is 8.76. The lowest BCUT2D eigenvalue weighted by Crippen LogP contribution is -2.44. The molecule has 1 aliphatic heterocycles. The van der Waals surface area contributed by atoms with E-state index < -0.39 is 6.04 Å². The van der Waals surface area contributed by atoms with Gasteiger partial charge in [-0.2, -0.15) is 0 Å². The number of para-hydroxylation sites is 2. The summed E-state index contributed by atoms with van der Waals surface area (Å²) in [6, 6.07) is 7.06. The maximum absolute atomic E-state index is 12.8. The molecule has 0 saturated carbocycles. The van der Waals surface area contributed by atoms with Crippen molar-refractivity contribution in [3.05, 3.63) is 24.3 Å². The lowest BCUT2D eigenvalue weighted by Gasteiger charge is -2.23. The van der Waals surface area contributed by atoms with Gasteiger partial charge >= 0.3 is 0 Å². The molecule has 0 bridgehead atoms. The van der Waals surface area contributed by atoms with Gasteiger partial charge in [0.25, 0.3) is 0 Å². The van der Waals surface area contributed by atoms with Crippen LogP contribution in [-0.4, -0.2) is 82.0 Å². The van der Waals surface area contributed by atoms with Crippen molar-refractivity contribution in [1.82, 2.24) is 10.2 Å². The topological polar surface area (TPSA) is 112 Å². The van der Waals surface area contributed by atoms with Gasteiger partial charge < -0.3 is 34.9 Å². The van der Waals surface area contributed by atoms with Crippen LogP contribution in [0.25, 0.3) is 0 Å². The fourth-order valence-electron chi connectivity index (χ4n) is 3.60. The zero-order valence-electron chi connectivity index (χ0n) is 21.3.